The maximum Gasteiger partial charge on any atom is 0.0455 e. The van der Waals surface area contributed by atoms with Gasteiger partial charge in [0.05, 0.1) is 0 Å². The van der Waals surface area contributed by atoms with Crippen molar-refractivity contribution in [3.63, 3.8) is 0 Å². The fourth-order valence-corrected chi connectivity index (χ4v) is 2.66. The molecule has 0 saturated carbocycles. The molecule has 13 heavy (non-hydrogen) atoms. The van der Waals surface area contributed by atoms with Gasteiger partial charge in [0.15, 0.2) is 0 Å². The summed E-state index contributed by atoms with van der Waals surface area (Å²) in [6.45, 7) is 2.14. The Balaban J connectivity index is 2.66. The van der Waals surface area contributed by atoms with Gasteiger partial charge in [-0.25, -0.2) is 0 Å². The van der Waals surface area contributed by atoms with Crippen LogP contribution < -0.4 is 0 Å². The zero-order valence-electron chi connectivity index (χ0n) is 7.40. The lowest BCUT2D eigenvalue weighted by atomic mass is 9.92. The molecule has 0 heterocycles. The first-order valence-electron chi connectivity index (χ1n) is 4.33. The molecule has 0 spiro atoms. The van der Waals surface area contributed by atoms with E-state index >= 15 is 0 Å². The highest BCUT2D eigenvalue weighted by Gasteiger charge is 2.13. The number of benzene rings is 1. The molecular formula is C11H10BrCl. The van der Waals surface area contributed by atoms with Gasteiger partial charge in [0.2, 0.25) is 0 Å². The van der Waals surface area contributed by atoms with E-state index < -0.39 is 0 Å². The highest BCUT2D eigenvalue weighted by Crippen LogP contribution is 2.33. The molecule has 0 fully saturated rings. The molecule has 0 atom stereocenters. The van der Waals surface area contributed by atoms with Crippen LogP contribution >= 0.6 is 27.5 Å². The summed E-state index contributed by atoms with van der Waals surface area (Å²) in [6, 6.07) is 4.12. The number of fused-ring (bicyclic) bond motifs is 1. The van der Waals surface area contributed by atoms with Gasteiger partial charge in [-0.15, -0.1) is 0 Å². The quantitative estimate of drug-likeness (QED) is 0.644. The Labute approximate surface area is 91.7 Å². The predicted molar refractivity (Wildman–Crippen MR) is 61.1 cm³/mol. The number of hydrogen-bond donors (Lipinski definition) is 0. The lowest BCUT2D eigenvalue weighted by Crippen LogP contribution is -1.98. The maximum absolute atomic E-state index is 6.16. The Morgan fingerprint density at radius 2 is 2.15 bits per heavy atom. The third kappa shape index (κ3) is 1.68. The Kier molecular flexibility index (Phi) is 2.48. The first kappa shape index (κ1) is 9.29. The van der Waals surface area contributed by atoms with Crippen LogP contribution in [0, 0.1) is 0 Å². The van der Waals surface area contributed by atoms with Crippen LogP contribution in [-0.4, -0.2) is 0 Å². The van der Waals surface area contributed by atoms with Gasteiger partial charge >= 0.3 is 0 Å². The van der Waals surface area contributed by atoms with Gasteiger partial charge in [-0.1, -0.05) is 33.6 Å². The second kappa shape index (κ2) is 3.47. The van der Waals surface area contributed by atoms with E-state index in [0.29, 0.717) is 0 Å². The molecule has 1 aromatic rings. The van der Waals surface area contributed by atoms with Crippen LogP contribution in [0.3, 0.4) is 0 Å². The largest absolute Gasteiger partial charge is 0.0840 e. The first-order valence-corrected chi connectivity index (χ1v) is 5.50. The van der Waals surface area contributed by atoms with Gasteiger partial charge < -0.3 is 0 Å². The van der Waals surface area contributed by atoms with Gasteiger partial charge in [0.25, 0.3) is 0 Å². The average molecular weight is 258 g/mol. The predicted octanol–water partition coefficient (Wildman–Crippen LogP) is 4.45. The van der Waals surface area contributed by atoms with Crippen molar-refractivity contribution in [1.29, 1.82) is 0 Å². The van der Waals surface area contributed by atoms with Gasteiger partial charge in [-0.05, 0) is 48.6 Å². The van der Waals surface area contributed by atoms with Crippen LogP contribution in [0.2, 0.25) is 5.02 Å². The highest BCUT2D eigenvalue weighted by molar-refractivity contribution is 9.10. The highest BCUT2D eigenvalue weighted by atomic mass is 79.9. The van der Waals surface area contributed by atoms with Crippen molar-refractivity contribution in [2.75, 3.05) is 0 Å². The van der Waals surface area contributed by atoms with Crippen LogP contribution in [0.4, 0.5) is 0 Å². The minimum atomic E-state index is 0.886. The Morgan fingerprint density at radius 1 is 1.38 bits per heavy atom. The topological polar surface area (TPSA) is 0 Å². The molecule has 0 aliphatic heterocycles. The summed E-state index contributed by atoms with van der Waals surface area (Å²) in [7, 11) is 0. The fourth-order valence-electron chi connectivity index (χ4n) is 1.75. The summed E-state index contributed by atoms with van der Waals surface area (Å²) in [5.41, 5.74) is 3.93. The van der Waals surface area contributed by atoms with E-state index in [9.17, 15) is 0 Å². The summed E-state index contributed by atoms with van der Waals surface area (Å²) < 4.78 is 1.06. The normalized spacial score (nSPS) is 15.2. The molecule has 0 saturated heterocycles. The zero-order valence-corrected chi connectivity index (χ0v) is 9.74. The van der Waals surface area contributed by atoms with Crippen molar-refractivity contribution < 1.29 is 0 Å². The van der Waals surface area contributed by atoms with Crippen molar-refractivity contribution in [2.24, 2.45) is 0 Å². The molecule has 0 unspecified atom stereocenters. The van der Waals surface area contributed by atoms with E-state index in [4.69, 9.17) is 11.6 Å². The number of hydrogen-bond acceptors (Lipinski definition) is 0. The van der Waals surface area contributed by atoms with E-state index in [1.807, 2.05) is 6.07 Å². The summed E-state index contributed by atoms with van der Waals surface area (Å²) in [5.74, 6) is 0. The molecule has 2 rings (SSSR count). The molecule has 0 N–H and O–H groups in total. The second-order valence-corrected chi connectivity index (χ2v) is 4.66. The summed E-state index contributed by atoms with van der Waals surface area (Å²) in [5, 5.41) is 0.886. The van der Waals surface area contributed by atoms with Crippen LogP contribution in [0.5, 0.6) is 0 Å². The summed E-state index contributed by atoms with van der Waals surface area (Å²) in [4.78, 5) is 0. The minimum absolute atomic E-state index is 0.886. The number of halogens is 2. The van der Waals surface area contributed by atoms with Crippen molar-refractivity contribution in [3.8, 4) is 0 Å². The SMILES string of the molecule is CC1=CCCc2c(Cl)cc(Br)cc21. The number of rotatable bonds is 0. The standard InChI is InChI=1S/C11H10BrCl/c1-7-3-2-4-9-10(7)5-8(12)6-11(9)13/h3,5-6H,2,4H2,1H3. The van der Waals surface area contributed by atoms with Crippen LogP contribution in [0.25, 0.3) is 5.57 Å². The molecule has 0 radical (unpaired) electrons. The average Bonchev–Trinajstić information content (AvgIpc) is 2.07. The second-order valence-electron chi connectivity index (χ2n) is 3.34. The van der Waals surface area contributed by atoms with Crippen molar-refractivity contribution in [3.05, 3.63) is 38.8 Å². The van der Waals surface area contributed by atoms with Crippen LogP contribution in [-0.2, 0) is 6.42 Å². The molecule has 0 nitrogen and oxygen atoms in total. The fraction of sp³-hybridized carbons (Fsp3) is 0.273. The van der Waals surface area contributed by atoms with Crippen molar-refractivity contribution in [1.82, 2.24) is 0 Å². The monoisotopic (exact) mass is 256 g/mol. The lowest BCUT2D eigenvalue weighted by molar-refractivity contribution is 0.974. The Hall–Kier alpha value is -0.270. The molecule has 1 aliphatic carbocycles. The zero-order chi connectivity index (χ0) is 9.42. The molecule has 1 aromatic carbocycles. The minimum Gasteiger partial charge on any atom is -0.0840 e. The number of allylic oxidation sites excluding steroid dienone is 2. The molecular weight excluding hydrogens is 247 g/mol. The first-order chi connectivity index (χ1) is 6.18. The van der Waals surface area contributed by atoms with Gasteiger partial charge in [-0.3, -0.25) is 0 Å². The Bertz CT molecular complexity index is 380. The smallest absolute Gasteiger partial charge is 0.0455 e. The summed E-state index contributed by atoms with van der Waals surface area (Å²) >= 11 is 9.61. The lowest BCUT2D eigenvalue weighted by Gasteiger charge is -2.16. The maximum atomic E-state index is 6.16. The van der Waals surface area contributed by atoms with Crippen LogP contribution in [0.1, 0.15) is 24.5 Å². The Morgan fingerprint density at radius 3 is 2.92 bits per heavy atom. The van der Waals surface area contributed by atoms with Crippen LogP contribution in [0.15, 0.2) is 22.7 Å². The summed E-state index contributed by atoms with van der Waals surface area (Å²) in [6.07, 6.45) is 4.45. The van der Waals surface area contributed by atoms with Crippen molar-refractivity contribution in [2.45, 2.75) is 19.8 Å². The van der Waals surface area contributed by atoms with E-state index in [1.165, 1.54) is 16.7 Å². The van der Waals surface area contributed by atoms with E-state index in [1.54, 1.807) is 0 Å². The third-order valence-electron chi connectivity index (χ3n) is 2.43. The third-order valence-corrected chi connectivity index (χ3v) is 3.23. The molecule has 1 aliphatic rings. The van der Waals surface area contributed by atoms with Gasteiger partial charge in [0.1, 0.15) is 0 Å². The molecule has 0 aromatic heterocycles. The van der Waals surface area contributed by atoms with E-state index in [-0.39, 0.29) is 0 Å². The van der Waals surface area contributed by atoms with E-state index in [0.717, 1.165) is 22.3 Å². The van der Waals surface area contributed by atoms with E-state index in [2.05, 4.69) is 35.0 Å². The molecule has 68 valence electrons. The van der Waals surface area contributed by atoms with Crippen molar-refractivity contribution >= 4 is 33.1 Å². The molecule has 2 heteroatoms. The molecule has 0 amide bonds. The molecule has 0 bridgehead atoms. The van der Waals surface area contributed by atoms with Gasteiger partial charge in [0, 0.05) is 9.50 Å². The van der Waals surface area contributed by atoms with Gasteiger partial charge in [-0.2, -0.15) is 0 Å².